The zero-order valence-electron chi connectivity index (χ0n) is 21.5. The van der Waals surface area contributed by atoms with Gasteiger partial charge in [-0.25, -0.2) is 0 Å². The Balaban J connectivity index is 1.99. The maximum atomic E-state index is 13.8. The lowest BCUT2D eigenvalue weighted by atomic mass is 9.63. The van der Waals surface area contributed by atoms with Crippen LogP contribution in [0.1, 0.15) is 78.2 Å². The Bertz CT molecular complexity index is 1130. The van der Waals surface area contributed by atoms with Crippen molar-refractivity contribution in [2.24, 2.45) is 10.8 Å². The lowest BCUT2D eigenvalue weighted by Crippen LogP contribution is -2.45. The third-order valence-electron chi connectivity index (χ3n) is 7.21. The molecular formula is C28H33Br2NO5. The minimum Gasteiger partial charge on any atom is -0.492 e. The number of benzene rings is 1. The van der Waals surface area contributed by atoms with Gasteiger partial charge in [0.15, 0.2) is 11.6 Å². The molecule has 1 heterocycles. The minimum absolute atomic E-state index is 0.0249. The van der Waals surface area contributed by atoms with Crippen molar-refractivity contribution >= 4 is 49.4 Å². The average molecular weight is 623 g/mol. The van der Waals surface area contributed by atoms with Crippen LogP contribution < -0.4 is 4.74 Å². The largest absolute Gasteiger partial charge is 0.492 e. The molecule has 8 heteroatoms. The van der Waals surface area contributed by atoms with Gasteiger partial charge in [0.1, 0.15) is 5.75 Å². The Labute approximate surface area is 229 Å². The lowest BCUT2D eigenvalue weighted by Gasteiger charge is -2.49. The molecule has 0 unspecified atom stereocenters. The van der Waals surface area contributed by atoms with E-state index in [1.165, 1.54) is 0 Å². The maximum Gasteiger partial charge on any atom is 0.305 e. The first kappa shape index (κ1) is 27.1. The summed E-state index contributed by atoms with van der Waals surface area (Å²) in [6, 6.07) is 3.89. The Hall–Kier alpha value is -1.93. The van der Waals surface area contributed by atoms with Crippen LogP contribution in [0.3, 0.4) is 0 Å². The highest BCUT2D eigenvalue weighted by Crippen LogP contribution is 2.55. The monoisotopic (exact) mass is 621 g/mol. The fourth-order valence-electron chi connectivity index (χ4n) is 5.89. The molecule has 0 atom stereocenters. The smallest absolute Gasteiger partial charge is 0.305 e. The van der Waals surface area contributed by atoms with Gasteiger partial charge in [-0.3, -0.25) is 14.4 Å². The van der Waals surface area contributed by atoms with E-state index in [1.807, 2.05) is 24.0 Å². The summed E-state index contributed by atoms with van der Waals surface area (Å²) in [6.07, 6.45) is 2.00. The van der Waals surface area contributed by atoms with Crippen molar-refractivity contribution < 1.29 is 24.2 Å². The van der Waals surface area contributed by atoms with Crippen LogP contribution in [0.25, 0.3) is 0 Å². The van der Waals surface area contributed by atoms with Crippen LogP contribution in [-0.2, 0) is 14.4 Å². The predicted octanol–water partition coefficient (Wildman–Crippen LogP) is 6.77. The first-order valence-electron chi connectivity index (χ1n) is 12.4. The number of carboxylic acids is 1. The number of nitrogens with zero attached hydrogens (tertiary/aromatic N) is 1. The highest BCUT2D eigenvalue weighted by molar-refractivity contribution is 9.11. The number of hydrogen-bond acceptors (Lipinski definition) is 5. The van der Waals surface area contributed by atoms with E-state index in [0.29, 0.717) is 49.2 Å². The van der Waals surface area contributed by atoms with E-state index in [0.717, 1.165) is 25.9 Å². The average Bonchev–Trinajstić information content (AvgIpc) is 2.72. The van der Waals surface area contributed by atoms with Crippen LogP contribution in [0.4, 0.5) is 0 Å². The van der Waals surface area contributed by atoms with Gasteiger partial charge < -0.3 is 14.7 Å². The Morgan fingerprint density at radius 3 is 1.86 bits per heavy atom. The van der Waals surface area contributed by atoms with Gasteiger partial charge in [0, 0.05) is 47.8 Å². The number of hydrogen-bond donors (Lipinski definition) is 1. The topological polar surface area (TPSA) is 83.9 Å². The van der Waals surface area contributed by atoms with Crippen LogP contribution >= 0.6 is 31.9 Å². The van der Waals surface area contributed by atoms with E-state index in [9.17, 15) is 19.5 Å². The highest BCUT2D eigenvalue weighted by atomic mass is 79.9. The van der Waals surface area contributed by atoms with Gasteiger partial charge in [-0.1, -0.05) is 27.7 Å². The summed E-state index contributed by atoms with van der Waals surface area (Å²) >= 11 is 7.26. The van der Waals surface area contributed by atoms with Gasteiger partial charge >= 0.3 is 5.97 Å². The Kier molecular flexibility index (Phi) is 7.34. The summed E-state index contributed by atoms with van der Waals surface area (Å²) in [5.74, 6) is -0.667. The van der Waals surface area contributed by atoms with Crippen molar-refractivity contribution in [3.8, 4) is 5.75 Å². The second kappa shape index (κ2) is 9.75. The number of ether oxygens (including phenoxy) is 1. The first-order chi connectivity index (χ1) is 16.7. The van der Waals surface area contributed by atoms with Gasteiger partial charge in [0.05, 0.1) is 22.0 Å². The normalized spacial score (nSPS) is 21.5. The molecule has 0 radical (unpaired) electrons. The molecule has 0 spiro atoms. The third kappa shape index (κ3) is 5.08. The highest BCUT2D eigenvalue weighted by Gasteiger charge is 2.49. The van der Waals surface area contributed by atoms with Crippen LogP contribution in [-0.4, -0.2) is 40.7 Å². The number of aliphatic carboxylic acids is 1. The number of carbonyl (C=O) groups excluding carboxylic acids is 2. The number of halogens is 2. The molecule has 1 aromatic carbocycles. The predicted molar refractivity (Wildman–Crippen MR) is 145 cm³/mol. The zero-order valence-corrected chi connectivity index (χ0v) is 24.6. The molecule has 4 rings (SSSR count). The second-order valence-electron chi connectivity index (χ2n) is 11.6. The second-order valence-corrected chi connectivity index (χ2v) is 13.3. The number of ketones is 2. The summed E-state index contributed by atoms with van der Waals surface area (Å²) in [7, 11) is 0. The van der Waals surface area contributed by atoms with Gasteiger partial charge in [-0.05, 0) is 80.2 Å². The van der Waals surface area contributed by atoms with E-state index >= 15 is 0 Å². The standard InChI is InChI=1S/C28H33Br2NO5/c1-6-36-26-16(29)9-15(10-17(26)30)23-24-18(11-27(2,3)13-20(24)32)31(8-7-22(34)35)19-12-28(4,5)14-21(33)25(19)23/h9-10,23H,6-8,11-14H2,1-5H3,(H,34,35). The number of carbonyl (C=O) groups is 3. The molecule has 6 nitrogen and oxygen atoms in total. The summed E-state index contributed by atoms with van der Waals surface area (Å²) in [5, 5.41) is 9.49. The Morgan fingerprint density at radius 1 is 0.972 bits per heavy atom. The summed E-state index contributed by atoms with van der Waals surface area (Å²) in [5.41, 5.74) is 3.34. The van der Waals surface area contributed by atoms with Crippen molar-refractivity contribution in [3.05, 3.63) is 49.2 Å². The van der Waals surface area contributed by atoms with Gasteiger partial charge in [0.25, 0.3) is 0 Å². The van der Waals surface area contributed by atoms with Crippen LogP contribution in [0.2, 0.25) is 0 Å². The van der Waals surface area contributed by atoms with Crippen molar-refractivity contribution in [2.75, 3.05) is 13.2 Å². The molecule has 194 valence electrons. The summed E-state index contributed by atoms with van der Waals surface area (Å²) in [6.45, 7) is 10.9. The van der Waals surface area contributed by atoms with Gasteiger partial charge in [0.2, 0.25) is 0 Å². The minimum atomic E-state index is -0.899. The maximum absolute atomic E-state index is 13.8. The lowest BCUT2D eigenvalue weighted by molar-refractivity contribution is -0.137. The van der Waals surface area contributed by atoms with Crippen molar-refractivity contribution in [2.45, 2.75) is 72.6 Å². The van der Waals surface area contributed by atoms with Crippen LogP contribution in [0.5, 0.6) is 5.75 Å². The van der Waals surface area contributed by atoms with E-state index in [4.69, 9.17) is 4.74 Å². The number of allylic oxidation sites excluding steroid dienone is 4. The van der Waals surface area contributed by atoms with Crippen molar-refractivity contribution in [1.82, 2.24) is 4.90 Å². The Morgan fingerprint density at radius 2 is 1.44 bits per heavy atom. The summed E-state index contributed by atoms with van der Waals surface area (Å²) < 4.78 is 7.27. The van der Waals surface area contributed by atoms with Crippen molar-refractivity contribution in [3.63, 3.8) is 0 Å². The zero-order chi connectivity index (χ0) is 26.6. The molecule has 0 fully saturated rings. The molecule has 0 bridgehead atoms. The van der Waals surface area contributed by atoms with Gasteiger partial charge in [-0.15, -0.1) is 0 Å². The molecule has 0 saturated heterocycles. The fraction of sp³-hybridized carbons (Fsp3) is 0.536. The molecule has 0 saturated carbocycles. The van der Waals surface area contributed by atoms with Crippen molar-refractivity contribution in [1.29, 1.82) is 0 Å². The molecular weight excluding hydrogens is 590 g/mol. The molecule has 3 aliphatic rings. The number of rotatable bonds is 6. The SMILES string of the molecule is CCOc1c(Br)cc(C2C3=C(CC(C)(C)CC3=O)N(CCC(=O)O)C3=C2C(=O)CC(C)(C)C3)cc1Br. The van der Waals surface area contributed by atoms with Crippen LogP contribution in [0, 0.1) is 10.8 Å². The fourth-order valence-corrected chi connectivity index (χ4v) is 7.34. The van der Waals surface area contributed by atoms with Crippen LogP contribution in [0.15, 0.2) is 43.6 Å². The molecule has 0 amide bonds. The molecule has 1 aliphatic heterocycles. The first-order valence-corrected chi connectivity index (χ1v) is 14.0. The third-order valence-corrected chi connectivity index (χ3v) is 8.39. The summed E-state index contributed by atoms with van der Waals surface area (Å²) in [4.78, 5) is 41.1. The number of carboxylic acid groups (broad SMARTS) is 1. The van der Waals surface area contributed by atoms with E-state index < -0.39 is 11.9 Å². The van der Waals surface area contributed by atoms with E-state index in [2.05, 4.69) is 59.6 Å². The molecule has 1 aromatic rings. The van der Waals surface area contributed by atoms with E-state index in [1.54, 1.807) is 0 Å². The quantitative estimate of drug-likeness (QED) is 0.377. The molecule has 1 N–H and O–H groups in total. The molecule has 0 aromatic heterocycles. The van der Waals surface area contributed by atoms with E-state index in [-0.39, 0.29) is 35.4 Å². The number of Topliss-reactive ketones (excluding diaryl/α,β-unsaturated/α-hetero) is 2. The molecule has 36 heavy (non-hydrogen) atoms. The molecule has 2 aliphatic carbocycles. The van der Waals surface area contributed by atoms with Gasteiger partial charge in [-0.2, -0.15) is 0 Å².